The van der Waals surface area contributed by atoms with Crippen molar-refractivity contribution >= 4 is 22.6 Å². The average molecular weight is 307 g/mol. The molecule has 0 unspecified atom stereocenters. The molecule has 118 valence electrons. The number of fused-ring (bicyclic) bond motifs is 1. The quantitative estimate of drug-likeness (QED) is 0.751. The van der Waals surface area contributed by atoms with Crippen molar-refractivity contribution in [2.45, 2.75) is 27.7 Å². The Labute approximate surface area is 136 Å². The highest BCUT2D eigenvalue weighted by Crippen LogP contribution is 2.24. The second kappa shape index (κ2) is 5.88. The third kappa shape index (κ3) is 3.11. The Balaban J connectivity index is 1.88. The number of H-pyrrole nitrogens is 1. The summed E-state index contributed by atoms with van der Waals surface area (Å²) in [6.07, 6.45) is 0. The first-order valence-corrected chi connectivity index (χ1v) is 7.82. The van der Waals surface area contributed by atoms with E-state index in [-0.39, 0.29) is 11.8 Å². The number of aryl methyl sites for hydroxylation is 2. The van der Waals surface area contributed by atoms with Gasteiger partial charge in [-0.05, 0) is 61.4 Å². The van der Waals surface area contributed by atoms with Crippen molar-refractivity contribution in [2.24, 2.45) is 5.92 Å². The lowest BCUT2D eigenvalue weighted by molar-refractivity contribution is -0.118. The van der Waals surface area contributed by atoms with Crippen molar-refractivity contribution in [1.82, 2.24) is 9.97 Å². The minimum absolute atomic E-state index is 0.0208. The molecule has 0 atom stereocenters. The van der Waals surface area contributed by atoms with Crippen LogP contribution in [0.5, 0.6) is 0 Å². The van der Waals surface area contributed by atoms with Crippen LogP contribution in [-0.2, 0) is 4.79 Å². The van der Waals surface area contributed by atoms with E-state index in [1.54, 1.807) is 0 Å². The van der Waals surface area contributed by atoms with Gasteiger partial charge in [0, 0.05) is 17.2 Å². The summed E-state index contributed by atoms with van der Waals surface area (Å²) in [4.78, 5) is 19.7. The highest BCUT2D eigenvalue weighted by molar-refractivity contribution is 5.92. The molecule has 4 heteroatoms. The predicted octanol–water partition coefficient (Wildman–Crippen LogP) is 4.44. The Morgan fingerprint density at radius 3 is 2.39 bits per heavy atom. The molecular weight excluding hydrogens is 286 g/mol. The molecule has 0 aliphatic rings. The van der Waals surface area contributed by atoms with Gasteiger partial charge < -0.3 is 10.3 Å². The van der Waals surface area contributed by atoms with E-state index < -0.39 is 0 Å². The van der Waals surface area contributed by atoms with Gasteiger partial charge in [-0.25, -0.2) is 4.98 Å². The van der Waals surface area contributed by atoms with Crippen molar-refractivity contribution in [3.8, 4) is 11.4 Å². The first-order valence-electron chi connectivity index (χ1n) is 7.82. The molecule has 1 heterocycles. The molecule has 0 aliphatic heterocycles. The van der Waals surface area contributed by atoms with E-state index in [2.05, 4.69) is 41.3 Å². The first kappa shape index (κ1) is 15.3. The number of carbonyl (C=O) groups is 1. The predicted molar refractivity (Wildman–Crippen MR) is 94.5 cm³/mol. The number of anilines is 1. The van der Waals surface area contributed by atoms with E-state index in [4.69, 9.17) is 0 Å². The molecule has 2 N–H and O–H groups in total. The fourth-order valence-electron chi connectivity index (χ4n) is 2.40. The van der Waals surface area contributed by atoms with Gasteiger partial charge in [0.05, 0.1) is 11.0 Å². The summed E-state index contributed by atoms with van der Waals surface area (Å²) in [6, 6.07) is 12.0. The SMILES string of the molecule is Cc1cc2nc(-c3ccc(NC(=O)C(C)C)cc3)[nH]c2cc1C. The summed E-state index contributed by atoms with van der Waals surface area (Å²) in [6.45, 7) is 7.95. The number of benzene rings is 2. The van der Waals surface area contributed by atoms with Crippen molar-refractivity contribution in [1.29, 1.82) is 0 Å². The van der Waals surface area contributed by atoms with E-state index in [1.807, 2.05) is 38.1 Å². The highest BCUT2D eigenvalue weighted by Gasteiger charge is 2.09. The molecule has 1 amide bonds. The van der Waals surface area contributed by atoms with E-state index in [9.17, 15) is 4.79 Å². The smallest absolute Gasteiger partial charge is 0.226 e. The lowest BCUT2D eigenvalue weighted by atomic mass is 10.1. The fraction of sp³-hybridized carbons (Fsp3) is 0.263. The number of hydrogen-bond donors (Lipinski definition) is 2. The van der Waals surface area contributed by atoms with Crippen molar-refractivity contribution in [2.75, 3.05) is 5.32 Å². The minimum Gasteiger partial charge on any atom is -0.338 e. The van der Waals surface area contributed by atoms with Crippen LogP contribution in [0.2, 0.25) is 0 Å². The zero-order valence-electron chi connectivity index (χ0n) is 13.9. The molecule has 0 radical (unpaired) electrons. The minimum atomic E-state index is -0.0310. The molecule has 0 spiro atoms. The van der Waals surface area contributed by atoms with Crippen LogP contribution in [0.15, 0.2) is 36.4 Å². The van der Waals surface area contributed by atoms with Gasteiger partial charge in [0.25, 0.3) is 0 Å². The van der Waals surface area contributed by atoms with Crippen LogP contribution in [0, 0.1) is 19.8 Å². The Kier molecular flexibility index (Phi) is 3.90. The van der Waals surface area contributed by atoms with Crippen LogP contribution in [-0.4, -0.2) is 15.9 Å². The van der Waals surface area contributed by atoms with Gasteiger partial charge in [-0.3, -0.25) is 4.79 Å². The normalized spacial score (nSPS) is 11.2. The molecule has 3 aromatic rings. The zero-order valence-corrected chi connectivity index (χ0v) is 13.9. The first-order chi connectivity index (χ1) is 10.9. The Morgan fingerprint density at radius 2 is 1.74 bits per heavy atom. The number of carbonyl (C=O) groups excluding carboxylic acids is 1. The second-order valence-electron chi connectivity index (χ2n) is 6.26. The number of aromatic nitrogens is 2. The summed E-state index contributed by atoms with van der Waals surface area (Å²) < 4.78 is 0. The molecule has 1 aromatic heterocycles. The maximum Gasteiger partial charge on any atom is 0.226 e. The van der Waals surface area contributed by atoms with Crippen molar-refractivity contribution < 1.29 is 4.79 Å². The van der Waals surface area contributed by atoms with Crippen LogP contribution >= 0.6 is 0 Å². The standard InChI is InChI=1S/C19H21N3O/c1-11(2)19(23)20-15-7-5-14(6-8-15)18-21-16-9-12(3)13(4)10-17(16)22-18/h5-11H,1-4H3,(H,20,23)(H,21,22). The molecule has 0 fully saturated rings. The Bertz CT molecular complexity index is 821. The van der Waals surface area contributed by atoms with E-state index in [0.29, 0.717) is 0 Å². The van der Waals surface area contributed by atoms with Crippen LogP contribution < -0.4 is 5.32 Å². The van der Waals surface area contributed by atoms with Gasteiger partial charge in [0.2, 0.25) is 5.91 Å². The number of rotatable bonds is 3. The van der Waals surface area contributed by atoms with Crippen molar-refractivity contribution in [3.63, 3.8) is 0 Å². The van der Waals surface area contributed by atoms with Crippen LogP contribution in [0.4, 0.5) is 5.69 Å². The second-order valence-corrected chi connectivity index (χ2v) is 6.26. The molecule has 2 aromatic carbocycles. The summed E-state index contributed by atoms with van der Waals surface area (Å²) in [5.41, 5.74) is 6.30. The lowest BCUT2D eigenvalue weighted by Gasteiger charge is -2.07. The number of amides is 1. The van der Waals surface area contributed by atoms with Crippen LogP contribution in [0.3, 0.4) is 0 Å². The average Bonchev–Trinajstić information content (AvgIpc) is 2.91. The van der Waals surface area contributed by atoms with Gasteiger partial charge in [-0.15, -0.1) is 0 Å². The van der Waals surface area contributed by atoms with E-state index in [0.717, 1.165) is 28.1 Å². The third-order valence-electron chi connectivity index (χ3n) is 4.05. The van der Waals surface area contributed by atoms with Gasteiger partial charge in [0.15, 0.2) is 0 Å². The van der Waals surface area contributed by atoms with Gasteiger partial charge >= 0.3 is 0 Å². The van der Waals surface area contributed by atoms with Gasteiger partial charge in [-0.1, -0.05) is 13.8 Å². The zero-order chi connectivity index (χ0) is 16.6. The summed E-state index contributed by atoms with van der Waals surface area (Å²) in [7, 11) is 0. The molecule has 0 bridgehead atoms. The van der Waals surface area contributed by atoms with Gasteiger partial charge in [0.1, 0.15) is 5.82 Å². The van der Waals surface area contributed by atoms with Crippen LogP contribution in [0.25, 0.3) is 22.4 Å². The summed E-state index contributed by atoms with van der Waals surface area (Å²) in [5.74, 6) is 0.829. The molecule has 0 saturated carbocycles. The van der Waals surface area contributed by atoms with Crippen LogP contribution in [0.1, 0.15) is 25.0 Å². The molecular formula is C19H21N3O. The Hall–Kier alpha value is -2.62. The van der Waals surface area contributed by atoms with E-state index >= 15 is 0 Å². The van der Waals surface area contributed by atoms with Gasteiger partial charge in [-0.2, -0.15) is 0 Å². The molecule has 0 aliphatic carbocycles. The van der Waals surface area contributed by atoms with Crippen molar-refractivity contribution in [3.05, 3.63) is 47.5 Å². The highest BCUT2D eigenvalue weighted by atomic mass is 16.1. The number of hydrogen-bond acceptors (Lipinski definition) is 2. The number of aromatic amines is 1. The largest absolute Gasteiger partial charge is 0.338 e. The topological polar surface area (TPSA) is 57.8 Å². The molecule has 3 rings (SSSR count). The molecule has 4 nitrogen and oxygen atoms in total. The summed E-state index contributed by atoms with van der Waals surface area (Å²) >= 11 is 0. The summed E-state index contributed by atoms with van der Waals surface area (Å²) in [5, 5.41) is 2.89. The lowest BCUT2D eigenvalue weighted by Crippen LogP contribution is -2.17. The fourth-order valence-corrected chi connectivity index (χ4v) is 2.40. The molecule has 23 heavy (non-hydrogen) atoms. The number of imidazole rings is 1. The maximum absolute atomic E-state index is 11.7. The number of nitrogens with one attached hydrogen (secondary N) is 2. The Morgan fingerprint density at radius 1 is 1.09 bits per heavy atom. The maximum atomic E-state index is 11.7. The molecule has 0 saturated heterocycles. The monoisotopic (exact) mass is 307 g/mol. The third-order valence-corrected chi connectivity index (χ3v) is 4.05. The number of nitrogens with zero attached hydrogens (tertiary/aromatic N) is 1. The van der Waals surface area contributed by atoms with E-state index in [1.165, 1.54) is 11.1 Å².